The highest BCUT2D eigenvalue weighted by molar-refractivity contribution is 6.03. The van der Waals surface area contributed by atoms with Crippen molar-refractivity contribution in [1.82, 2.24) is 20.3 Å². The number of rotatable bonds is 9. The monoisotopic (exact) mass is 769 g/mol. The molecule has 1 aliphatic heterocycles. The fraction of sp³-hybridized carbons (Fsp3) is 0.0182. The summed E-state index contributed by atoms with van der Waals surface area (Å²) < 4.78 is 0. The summed E-state index contributed by atoms with van der Waals surface area (Å²) >= 11 is 0. The number of benzene rings is 8. The molecule has 5 nitrogen and oxygen atoms in total. The zero-order valence-corrected chi connectivity index (χ0v) is 32.7. The lowest BCUT2D eigenvalue weighted by atomic mass is 9.96. The molecule has 0 aliphatic carbocycles. The zero-order chi connectivity index (χ0) is 40.1. The van der Waals surface area contributed by atoms with Gasteiger partial charge in [-0.3, -0.25) is 0 Å². The second-order valence-electron chi connectivity index (χ2n) is 14.8. The van der Waals surface area contributed by atoms with Crippen LogP contribution in [0.1, 0.15) is 22.7 Å². The number of nitrogens with one attached hydrogen (secondary N) is 1. The van der Waals surface area contributed by atoms with E-state index < -0.39 is 0 Å². The third-order valence-corrected chi connectivity index (χ3v) is 10.8. The minimum atomic E-state index is -0.0897. The molecule has 1 N–H and O–H groups in total. The number of aromatic nitrogens is 3. The van der Waals surface area contributed by atoms with E-state index >= 15 is 0 Å². The minimum Gasteiger partial charge on any atom is -0.359 e. The summed E-state index contributed by atoms with van der Waals surface area (Å²) in [4.78, 5) is 20.3. The van der Waals surface area contributed by atoms with E-state index in [4.69, 9.17) is 19.9 Å². The molecule has 0 saturated heterocycles. The molecule has 10 rings (SSSR count). The molecule has 0 fully saturated rings. The SMILES string of the molecule is C1=C(c2ccccc2)N=C(c2ccccc2)NC1c1cccc(-c2cccc(-c3nc(-c4ccccc4)nc(-c4cccc(-c5ccc(-c6ccccc6)cc5)c4)n3)c2)c1. The Bertz CT molecular complexity index is 2980. The number of hydrogen-bond acceptors (Lipinski definition) is 5. The normalized spacial score (nSPS) is 13.5. The Morgan fingerprint density at radius 1 is 0.300 bits per heavy atom. The molecule has 0 spiro atoms. The lowest BCUT2D eigenvalue weighted by Gasteiger charge is -2.25. The van der Waals surface area contributed by atoms with Crippen molar-refractivity contribution in [2.24, 2.45) is 4.99 Å². The maximum atomic E-state index is 5.13. The molecular weight excluding hydrogens is 731 g/mol. The summed E-state index contributed by atoms with van der Waals surface area (Å²) in [6.07, 6.45) is 2.21. The van der Waals surface area contributed by atoms with Gasteiger partial charge in [-0.1, -0.05) is 200 Å². The Morgan fingerprint density at radius 3 is 1.25 bits per heavy atom. The lowest BCUT2D eigenvalue weighted by molar-refractivity contribution is 0.781. The van der Waals surface area contributed by atoms with Gasteiger partial charge < -0.3 is 5.32 Å². The summed E-state index contributed by atoms with van der Waals surface area (Å²) in [6.45, 7) is 0. The summed E-state index contributed by atoms with van der Waals surface area (Å²) in [6, 6.07) is 75.5. The van der Waals surface area contributed by atoms with Crippen LogP contribution in [-0.2, 0) is 0 Å². The van der Waals surface area contributed by atoms with Crippen LogP contribution in [0.2, 0.25) is 0 Å². The van der Waals surface area contributed by atoms with E-state index in [2.05, 4.69) is 169 Å². The molecule has 60 heavy (non-hydrogen) atoms. The van der Waals surface area contributed by atoms with Crippen LogP contribution in [0.25, 0.3) is 73.2 Å². The van der Waals surface area contributed by atoms with Crippen LogP contribution in [0, 0.1) is 0 Å². The molecule has 1 aromatic heterocycles. The van der Waals surface area contributed by atoms with Crippen molar-refractivity contribution in [2.45, 2.75) is 6.04 Å². The highest BCUT2D eigenvalue weighted by Crippen LogP contribution is 2.33. The number of hydrogen-bond donors (Lipinski definition) is 1. The predicted octanol–water partition coefficient (Wildman–Crippen LogP) is 13.0. The van der Waals surface area contributed by atoms with Crippen LogP contribution in [0.4, 0.5) is 0 Å². The van der Waals surface area contributed by atoms with Gasteiger partial charge in [-0.2, -0.15) is 0 Å². The van der Waals surface area contributed by atoms with Gasteiger partial charge in [0.2, 0.25) is 0 Å². The lowest BCUT2D eigenvalue weighted by Crippen LogP contribution is -2.31. The predicted molar refractivity (Wildman–Crippen MR) is 246 cm³/mol. The first-order chi connectivity index (χ1) is 29.7. The highest BCUT2D eigenvalue weighted by atomic mass is 15.1. The van der Waals surface area contributed by atoms with Crippen molar-refractivity contribution < 1.29 is 0 Å². The van der Waals surface area contributed by atoms with Crippen LogP contribution < -0.4 is 5.32 Å². The summed E-state index contributed by atoms with van der Waals surface area (Å²) in [5.41, 5.74) is 13.7. The Labute approximate surface area is 350 Å². The van der Waals surface area contributed by atoms with Crippen LogP contribution in [-0.4, -0.2) is 20.8 Å². The van der Waals surface area contributed by atoms with E-state index in [1.54, 1.807) is 0 Å². The van der Waals surface area contributed by atoms with Crippen LogP contribution in [0.3, 0.4) is 0 Å². The van der Waals surface area contributed by atoms with Gasteiger partial charge in [-0.05, 0) is 68.8 Å². The topological polar surface area (TPSA) is 63.1 Å². The number of aliphatic imine (C=N–C) groups is 1. The van der Waals surface area contributed by atoms with Gasteiger partial charge in [0.1, 0.15) is 5.84 Å². The number of nitrogens with zero attached hydrogens (tertiary/aromatic N) is 4. The molecule has 0 saturated carbocycles. The Hall–Kier alpha value is -8.02. The molecule has 0 amide bonds. The zero-order valence-electron chi connectivity index (χ0n) is 32.7. The quantitative estimate of drug-likeness (QED) is 0.159. The largest absolute Gasteiger partial charge is 0.359 e. The molecule has 9 aromatic rings. The van der Waals surface area contributed by atoms with Gasteiger partial charge in [0.15, 0.2) is 17.5 Å². The second kappa shape index (κ2) is 16.5. The molecule has 1 aliphatic rings. The summed E-state index contributed by atoms with van der Waals surface area (Å²) in [7, 11) is 0. The fourth-order valence-corrected chi connectivity index (χ4v) is 7.65. The first-order valence-corrected chi connectivity index (χ1v) is 20.2. The smallest absolute Gasteiger partial charge is 0.164 e. The van der Waals surface area contributed by atoms with Gasteiger partial charge in [-0.25, -0.2) is 19.9 Å². The van der Waals surface area contributed by atoms with Gasteiger partial charge in [-0.15, -0.1) is 0 Å². The second-order valence-corrected chi connectivity index (χ2v) is 14.8. The average Bonchev–Trinajstić information content (AvgIpc) is 3.35. The summed E-state index contributed by atoms with van der Waals surface area (Å²) in [5, 5.41) is 3.72. The molecule has 2 heterocycles. The van der Waals surface area contributed by atoms with Crippen molar-refractivity contribution in [2.75, 3.05) is 0 Å². The first kappa shape index (κ1) is 36.3. The number of amidine groups is 1. The minimum absolute atomic E-state index is 0.0897. The van der Waals surface area contributed by atoms with E-state index in [0.29, 0.717) is 17.5 Å². The van der Waals surface area contributed by atoms with E-state index in [1.807, 2.05) is 60.7 Å². The van der Waals surface area contributed by atoms with Crippen LogP contribution in [0.15, 0.2) is 229 Å². The van der Waals surface area contributed by atoms with Gasteiger partial charge >= 0.3 is 0 Å². The van der Waals surface area contributed by atoms with Crippen molar-refractivity contribution >= 4 is 11.5 Å². The summed E-state index contributed by atoms with van der Waals surface area (Å²) in [5.74, 6) is 2.71. The first-order valence-electron chi connectivity index (χ1n) is 20.2. The standard InChI is InChI=1S/C55H39N5/c1-5-16-38(17-6-1)39-30-32-40(33-31-39)44-24-14-28-48(35-44)54-58-53(43-22-11-4-12-23-43)59-55(60-54)49-29-15-26-46(36-49)45-25-13-27-47(34-45)51-37-50(41-18-7-2-8-19-41)56-52(57-51)42-20-9-3-10-21-42/h1-37,51H,(H,56,57). The van der Waals surface area contributed by atoms with E-state index in [-0.39, 0.29) is 6.04 Å². The Morgan fingerprint density at radius 2 is 0.683 bits per heavy atom. The van der Waals surface area contributed by atoms with Gasteiger partial charge in [0, 0.05) is 22.3 Å². The molecule has 1 atom stereocenters. The van der Waals surface area contributed by atoms with Crippen molar-refractivity contribution in [3.8, 4) is 67.5 Å². The van der Waals surface area contributed by atoms with Crippen LogP contribution >= 0.6 is 0 Å². The molecular formula is C55H39N5. The molecule has 5 heteroatoms. The molecule has 0 bridgehead atoms. The third kappa shape index (κ3) is 7.80. The van der Waals surface area contributed by atoms with Gasteiger partial charge in [0.05, 0.1) is 11.7 Å². The van der Waals surface area contributed by atoms with Crippen molar-refractivity contribution in [1.29, 1.82) is 0 Å². The Kier molecular flexibility index (Phi) is 9.96. The molecule has 0 radical (unpaired) electrons. The van der Waals surface area contributed by atoms with Crippen molar-refractivity contribution in [3.05, 3.63) is 241 Å². The van der Waals surface area contributed by atoms with E-state index in [0.717, 1.165) is 67.2 Å². The maximum absolute atomic E-state index is 5.13. The Balaban J connectivity index is 0.995. The van der Waals surface area contributed by atoms with E-state index in [1.165, 1.54) is 11.1 Å². The van der Waals surface area contributed by atoms with Crippen molar-refractivity contribution in [3.63, 3.8) is 0 Å². The molecule has 8 aromatic carbocycles. The van der Waals surface area contributed by atoms with E-state index in [9.17, 15) is 0 Å². The average molecular weight is 770 g/mol. The third-order valence-electron chi connectivity index (χ3n) is 10.8. The highest BCUT2D eigenvalue weighted by Gasteiger charge is 2.21. The molecule has 1 unspecified atom stereocenters. The van der Waals surface area contributed by atoms with Crippen LogP contribution in [0.5, 0.6) is 0 Å². The molecule has 284 valence electrons. The maximum Gasteiger partial charge on any atom is 0.164 e. The van der Waals surface area contributed by atoms with Gasteiger partial charge in [0.25, 0.3) is 0 Å². The fourth-order valence-electron chi connectivity index (χ4n) is 7.65.